The quantitative estimate of drug-likeness (QED) is 0.659. The highest BCUT2D eigenvalue weighted by Crippen LogP contribution is 2.20. The highest BCUT2D eigenvalue weighted by atomic mass is 16.1. The van der Waals surface area contributed by atoms with Gasteiger partial charge in [0.05, 0.1) is 0 Å². The highest BCUT2D eigenvalue weighted by molar-refractivity contribution is 5.94. The van der Waals surface area contributed by atoms with Crippen molar-refractivity contribution in [3.8, 4) is 0 Å². The fraction of sp³-hybridized carbons (Fsp3) is 0.579. The molecule has 0 radical (unpaired) electrons. The molecule has 2 rings (SSSR count). The molecule has 2 unspecified atom stereocenters. The number of carbonyl (C=O) groups excluding carboxylic acids is 1. The lowest BCUT2D eigenvalue weighted by Gasteiger charge is -2.37. The standard InChI is InChI=1S/C19H30N4O/c1-5-21-18(24)17-8-6-16(7-9-17)11-22-19(20-4)23-12-14(2)10-15(3)13-23/h6-9,14-15H,5,10-13H2,1-4H3,(H,20,22)(H,21,24). The Hall–Kier alpha value is -2.04. The molecule has 2 N–H and O–H groups in total. The lowest BCUT2D eigenvalue weighted by molar-refractivity contribution is 0.0956. The molecule has 132 valence electrons. The zero-order valence-electron chi connectivity index (χ0n) is 15.3. The number of nitrogens with one attached hydrogen (secondary N) is 2. The molecule has 0 bridgehead atoms. The van der Waals surface area contributed by atoms with E-state index in [1.807, 2.05) is 38.2 Å². The van der Waals surface area contributed by atoms with Gasteiger partial charge in [-0.3, -0.25) is 9.79 Å². The van der Waals surface area contributed by atoms with Gasteiger partial charge in [0.15, 0.2) is 5.96 Å². The first kappa shape index (κ1) is 18.3. The molecule has 0 aromatic heterocycles. The van der Waals surface area contributed by atoms with E-state index in [1.165, 1.54) is 6.42 Å². The Morgan fingerprint density at radius 3 is 2.33 bits per heavy atom. The van der Waals surface area contributed by atoms with Crippen molar-refractivity contribution in [3.63, 3.8) is 0 Å². The second-order valence-electron chi connectivity index (χ2n) is 6.81. The molecule has 0 spiro atoms. The summed E-state index contributed by atoms with van der Waals surface area (Å²) in [6, 6.07) is 7.73. The average Bonchev–Trinajstić information content (AvgIpc) is 2.55. The second kappa shape index (κ2) is 8.71. The summed E-state index contributed by atoms with van der Waals surface area (Å²) >= 11 is 0. The third-order valence-corrected chi connectivity index (χ3v) is 4.38. The summed E-state index contributed by atoms with van der Waals surface area (Å²) in [7, 11) is 1.84. The first-order valence-corrected chi connectivity index (χ1v) is 8.86. The van der Waals surface area contributed by atoms with E-state index in [1.54, 1.807) is 0 Å². The third-order valence-electron chi connectivity index (χ3n) is 4.38. The molecule has 1 aliphatic rings. The number of nitrogens with zero attached hydrogens (tertiary/aromatic N) is 2. The van der Waals surface area contributed by atoms with Gasteiger partial charge in [-0.15, -0.1) is 0 Å². The molecule has 1 aromatic carbocycles. The van der Waals surface area contributed by atoms with Crippen LogP contribution >= 0.6 is 0 Å². The van der Waals surface area contributed by atoms with Gasteiger partial charge < -0.3 is 15.5 Å². The van der Waals surface area contributed by atoms with E-state index in [2.05, 4.69) is 34.4 Å². The predicted molar refractivity (Wildman–Crippen MR) is 99.2 cm³/mol. The van der Waals surface area contributed by atoms with Crippen molar-refractivity contribution in [1.82, 2.24) is 15.5 Å². The molecular formula is C19H30N4O. The number of piperidine rings is 1. The number of rotatable bonds is 4. The smallest absolute Gasteiger partial charge is 0.251 e. The van der Waals surface area contributed by atoms with Crippen LogP contribution in [0, 0.1) is 11.8 Å². The van der Waals surface area contributed by atoms with Gasteiger partial charge in [-0.2, -0.15) is 0 Å². The number of aliphatic imine (C=N–C) groups is 1. The molecule has 5 heteroatoms. The van der Waals surface area contributed by atoms with E-state index < -0.39 is 0 Å². The third kappa shape index (κ3) is 4.98. The van der Waals surface area contributed by atoms with E-state index >= 15 is 0 Å². The Morgan fingerprint density at radius 1 is 1.17 bits per heavy atom. The largest absolute Gasteiger partial charge is 0.352 e. The summed E-state index contributed by atoms with van der Waals surface area (Å²) in [5.74, 6) is 2.33. The lowest BCUT2D eigenvalue weighted by atomic mass is 9.92. The number of carbonyl (C=O) groups is 1. The van der Waals surface area contributed by atoms with Gasteiger partial charge in [0.2, 0.25) is 0 Å². The summed E-state index contributed by atoms with van der Waals surface area (Å²) in [4.78, 5) is 18.6. The van der Waals surface area contributed by atoms with Crippen LogP contribution in [0.2, 0.25) is 0 Å². The van der Waals surface area contributed by atoms with Gasteiger partial charge in [0, 0.05) is 38.8 Å². The molecule has 24 heavy (non-hydrogen) atoms. The van der Waals surface area contributed by atoms with Crippen molar-refractivity contribution in [1.29, 1.82) is 0 Å². The molecule has 1 amide bonds. The number of likely N-dealkylation sites (tertiary alicyclic amines) is 1. The van der Waals surface area contributed by atoms with Gasteiger partial charge in [-0.1, -0.05) is 26.0 Å². The Morgan fingerprint density at radius 2 is 1.79 bits per heavy atom. The van der Waals surface area contributed by atoms with Crippen LogP contribution in [0.15, 0.2) is 29.3 Å². The number of guanidine groups is 1. The molecule has 1 saturated heterocycles. The zero-order valence-corrected chi connectivity index (χ0v) is 15.3. The van der Waals surface area contributed by atoms with E-state index in [0.29, 0.717) is 30.5 Å². The van der Waals surface area contributed by atoms with Gasteiger partial charge in [0.1, 0.15) is 0 Å². The SMILES string of the molecule is CCNC(=O)c1ccc(CNC(=NC)N2CC(C)CC(C)C2)cc1. The summed E-state index contributed by atoms with van der Waals surface area (Å²) in [5, 5.41) is 6.26. The number of amides is 1. The maximum atomic E-state index is 11.8. The number of hydrogen-bond donors (Lipinski definition) is 2. The lowest BCUT2D eigenvalue weighted by Crippen LogP contribution is -2.48. The molecule has 0 saturated carbocycles. The Kier molecular flexibility index (Phi) is 6.64. The van der Waals surface area contributed by atoms with Crippen LogP contribution in [-0.4, -0.2) is 43.4 Å². The fourth-order valence-electron chi connectivity index (χ4n) is 3.39. The van der Waals surface area contributed by atoms with Crippen LogP contribution in [0.3, 0.4) is 0 Å². The van der Waals surface area contributed by atoms with Crippen LogP contribution in [0.5, 0.6) is 0 Å². The Bertz CT molecular complexity index is 557. The first-order valence-electron chi connectivity index (χ1n) is 8.86. The molecule has 0 aliphatic carbocycles. The summed E-state index contributed by atoms with van der Waals surface area (Å²) in [6.07, 6.45) is 1.29. The minimum atomic E-state index is -0.0240. The maximum absolute atomic E-state index is 11.8. The van der Waals surface area contributed by atoms with Crippen molar-refractivity contribution < 1.29 is 4.79 Å². The van der Waals surface area contributed by atoms with Gasteiger partial charge in [-0.25, -0.2) is 0 Å². The monoisotopic (exact) mass is 330 g/mol. The molecule has 5 nitrogen and oxygen atoms in total. The normalized spacial score (nSPS) is 21.5. The zero-order chi connectivity index (χ0) is 17.5. The second-order valence-corrected chi connectivity index (χ2v) is 6.81. The molecule has 1 aliphatic heterocycles. The van der Waals surface area contributed by atoms with Crippen LogP contribution < -0.4 is 10.6 Å². The number of benzene rings is 1. The summed E-state index contributed by atoms with van der Waals surface area (Å²) in [6.45, 7) is 9.99. The van der Waals surface area contributed by atoms with Crippen molar-refractivity contribution in [2.24, 2.45) is 16.8 Å². The van der Waals surface area contributed by atoms with E-state index in [0.717, 1.165) is 24.6 Å². The first-order chi connectivity index (χ1) is 11.5. The van der Waals surface area contributed by atoms with Gasteiger partial charge >= 0.3 is 0 Å². The summed E-state index contributed by atoms with van der Waals surface area (Å²) < 4.78 is 0. The van der Waals surface area contributed by atoms with Crippen molar-refractivity contribution in [3.05, 3.63) is 35.4 Å². The molecule has 1 fully saturated rings. The minimum absolute atomic E-state index is 0.0240. The van der Waals surface area contributed by atoms with Crippen LogP contribution in [0.1, 0.15) is 43.1 Å². The Labute approximate surface area is 145 Å². The highest BCUT2D eigenvalue weighted by Gasteiger charge is 2.23. The van der Waals surface area contributed by atoms with Crippen LogP contribution in [0.25, 0.3) is 0 Å². The molecule has 1 aromatic rings. The molecule has 1 heterocycles. The van der Waals surface area contributed by atoms with Crippen LogP contribution in [-0.2, 0) is 6.54 Å². The molecular weight excluding hydrogens is 300 g/mol. The van der Waals surface area contributed by atoms with Crippen molar-refractivity contribution in [2.45, 2.75) is 33.7 Å². The Balaban J connectivity index is 1.92. The van der Waals surface area contributed by atoms with E-state index in [-0.39, 0.29) is 5.91 Å². The van der Waals surface area contributed by atoms with E-state index in [9.17, 15) is 4.79 Å². The van der Waals surface area contributed by atoms with Crippen molar-refractivity contribution >= 4 is 11.9 Å². The fourth-order valence-corrected chi connectivity index (χ4v) is 3.39. The van der Waals surface area contributed by atoms with Crippen molar-refractivity contribution in [2.75, 3.05) is 26.7 Å². The number of hydrogen-bond acceptors (Lipinski definition) is 2. The minimum Gasteiger partial charge on any atom is -0.352 e. The van der Waals surface area contributed by atoms with Gasteiger partial charge in [-0.05, 0) is 42.9 Å². The predicted octanol–water partition coefficient (Wildman–Crippen LogP) is 2.49. The maximum Gasteiger partial charge on any atom is 0.251 e. The van der Waals surface area contributed by atoms with Gasteiger partial charge in [0.25, 0.3) is 5.91 Å². The summed E-state index contributed by atoms with van der Waals surface area (Å²) in [5.41, 5.74) is 1.84. The van der Waals surface area contributed by atoms with E-state index in [4.69, 9.17) is 0 Å². The average molecular weight is 330 g/mol. The topological polar surface area (TPSA) is 56.7 Å². The van der Waals surface area contributed by atoms with Crippen LogP contribution in [0.4, 0.5) is 0 Å². The molecule has 2 atom stereocenters.